The molecule has 0 radical (unpaired) electrons. The standard InChI is InChI=1S/C26H44O2/c1-18(17-27)6-4-5-7-19-9-11-23-22-10-8-20-16-21(28)12-14-26(20,3)24(22)13-15-25(19,23)2/h8,18-19,21-24,27-28H,4-7,9-17H2,1-3H3/t18-,19?,21-,22-,23?,24?,25?,26-/m0/s1. The molecular weight excluding hydrogens is 344 g/mol. The van der Waals surface area contributed by atoms with Gasteiger partial charge in [0.2, 0.25) is 0 Å². The van der Waals surface area contributed by atoms with Crippen molar-refractivity contribution >= 4 is 0 Å². The second kappa shape index (κ2) is 8.06. The summed E-state index contributed by atoms with van der Waals surface area (Å²) in [7, 11) is 0. The first-order valence-corrected chi connectivity index (χ1v) is 12.4. The molecule has 4 unspecified atom stereocenters. The van der Waals surface area contributed by atoms with Crippen LogP contribution in [0, 0.1) is 40.4 Å². The second-order valence-corrected chi connectivity index (χ2v) is 11.5. The van der Waals surface area contributed by atoms with Gasteiger partial charge in [-0.25, -0.2) is 0 Å². The van der Waals surface area contributed by atoms with E-state index >= 15 is 0 Å². The van der Waals surface area contributed by atoms with Crippen LogP contribution in [-0.4, -0.2) is 22.9 Å². The molecule has 0 saturated heterocycles. The van der Waals surface area contributed by atoms with E-state index in [0.29, 0.717) is 23.4 Å². The Bertz CT molecular complexity index is 583. The molecule has 0 aromatic carbocycles. The zero-order chi connectivity index (χ0) is 19.9. The molecule has 3 fully saturated rings. The van der Waals surface area contributed by atoms with E-state index in [1.54, 1.807) is 5.57 Å². The van der Waals surface area contributed by atoms with Gasteiger partial charge in [-0.2, -0.15) is 0 Å². The van der Waals surface area contributed by atoms with Crippen LogP contribution in [0.1, 0.15) is 97.8 Å². The molecule has 28 heavy (non-hydrogen) atoms. The molecule has 8 atom stereocenters. The van der Waals surface area contributed by atoms with Gasteiger partial charge in [0, 0.05) is 6.61 Å². The second-order valence-electron chi connectivity index (χ2n) is 11.5. The Kier molecular flexibility index (Phi) is 6.02. The number of rotatable bonds is 6. The van der Waals surface area contributed by atoms with Crippen molar-refractivity contribution in [3.05, 3.63) is 11.6 Å². The molecule has 4 aliphatic carbocycles. The summed E-state index contributed by atoms with van der Waals surface area (Å²) in [6.45, 7) is 7.70. The fraction of sp³-hybridized carbons (Fsp3) is 0.923. The number of unbranched alkanes of at least 4 members (excludes halogenated alkanes) is 1. The molecule has 0 heterocycles. The first-order chi connectivity index (χ1) is 13.4. The van der Waals surface area contributed by atoms with Crippen LogP contribution in [0.4, 0.5) is 0 Å². The van der Waals surface area contributed by atoms with E-state index in [-0.39, 0.29) is 6.10 Å². The minimum atomic E-state index is -0.0888. The normalized spacial score (nSPS) is 46.3. The Morgan fingerprint density at radius 2 is 1.89 bits per heavy atom. The van der Waals surface area contributed by atoms with E-state index in [9.17, 15) is 10.2 Å². The molecule has 4 aliphatic rings. The first kappa shape index (κ1) is 20.9. The van der Waals surface area contributed by atoms with Gasteiger partial charge in [0.1, 0.15) is 0 Å². The van der Waals surface area contributed by atoms with Crippen molar-refractivity contribution in [3.8, 4) is 0 Å². The summed E-state index contributed by atoms with van der Waals surface area (Å²) in [6.07, 6.45) is 17.9. The maximum Gasteiger partial charge on any atom is 0.0577 e. The van der Waals surface area contributed by atoms with Gasteiger partial charge in [0.15, 0.2) is 0 Å². The minimum Gasteiger partial charge on any atom is -0.396 e. The number of allylic oxidation sites excluding steroid dienone is 1. The summed E-state index contributed by atoms with van der Waals surface area (Å²) in [4.78, 5) is 0. The molecule has 2 heteroatoms. The molecule has 2 nitrogen and oxygen atoms in total. The predicted octanol–water partition coefficient (Wildman–Crippen LogP) is 6.12. The largest absolute Gasteiger partial charge is 0.396 e. The van der Waals surface area contributed by atoms with Crippen molar-refractivity contribution in [1.29, 1.82) is 0 Å². The number of hydrogen-bond acceptors (Lipinski definition) is 2. The van der Waals surface area contributed by atoms with Gasteiger partial charge in [-0.15, -0.1) is 0 Å². The summed E-state index contributed by atoms with van der Waals surface area (Å²) in [5.74, 6) is 4.08. The average molecular weight is 389 g/mol. The molecule has 160 valence electrons. The van der Waals surface area contributed by atoms with Crippen LogP contribution in [0.25, 0.3) is 0 Å². The third-order valence-corrected chi connectivity index (χ3v) is 10.1. The fourth-order valence-corrected chi connectivity index (χ4v) is 8.20. The fourth-order valence-electron chi connectivity index (χ4n) is 8.20. The maximum absolute atomic E-state index is 10.2. The lowest BCUT2D eigenvalue weighted by atomic mass is 9.47. The van der Waals surface area contributed by atoms with E-state index in [1.165, 1.54) is 64.2 Å². The average Bonchev–Trinajstić information content (AvgIpc) is 3.02. The lowest BCUT2D eigenvalue weighted by Crippen LogP contribution is -2.50. The Morgan fingerprint density at radius 3 is 2.68 bits per heavy atom. The van der Waals surface area contributed by atoms with E-state index in [2.05, 4.69) is 26.8 Å². The van der Waals surface area contributed by atoms with Crippen molar-refractivity contribution in [1.82, 2.24) is 0 Å². The summed E-state index contributed by atoms with van der Waals surface area (Å²) < 4.78 is 0. The summed E-state index contributed by atoms with van der Waals surface area (Å²) in [5.41, 5.74) is 2.55. The smallest absolute Gasteiger partial charge is 0.0577 e. The first-order valence-electron chi connectivity index (χ1n) is 12.4. The van der Waals surface area contributed by atoms with Gasteiger partial charge in [0.25, 0.3) is 0 Å². The number of fused-ring (bicyclic) bond motifs is 5. The van der Waals surface area contributed by atoms with E-state index < -0.39 is 0 Å². The van der Waals surface area contributed by atoms with Gasteiger partial charge in [-0.3, -0.25) is 0 Å². The molecule has 0 spiro atoms. The lowest BCUT2D eigenvalue weighted by molar-refractivity contribution is -0.0509. The van der Waals surface area contributed by atoms with Crippen LogP contribution >= 0.6 is 0 Å². The molecule has 3 saturated carbocycles. The molecule has 0 aromatic rings. The molecule has 0 aromatic heterocycles. The molecule has 0 aliphatic heterocycles. The maximum atomic E-state index is 10.2. The predicted molar refractivity (Wildman–Crippen MR) is 116 cm³/mol. The van der Waals surface area contributed by atoms with Crippen LogP contribution in [0.3, 0.4) is 0 Å². The minimum absolute atomic E-state index is 0.0888. The Hall–Kier alpha value is -0.340. The number of aliphatic hydroxyl groups is 2. The highest BCUT2D eigenvalue weighted by Crippen LogP contribution is 2.66. The Labute approximate surface area is 173 Å². The summed E-state index contributed by atoms with van der Waals surface area (Å²) >= 11 is 0. The molecule has 2 N–H and O–H groups in total. The van der Waals surface area contributed by atoms with E-state index in [0.717, 1.165) is 36.5 Å². The molecule has 0 bridgehead atoms. The summed E-state index contributed by atoms with van der Waals surface area (Å²) in [6, 6.07) is 0. The van der Waals surface area contributed by atoms with E-state index in [1.807, 2.05) is 0 Å². The summed E-state index contributed by atoms with van der Waals surface area (Å²) in [5, 5.41) is 19.4. The molecule has 0 amide bonds. The zero-order valence-electron chi connectivity index (χ0n) is 18.6. The highest BCUT2D eigenvalue weighted by molar-refractivity contribution is 5.25. The Morgan fingerprint density at radius 1 is 1.07 bits per heavy atom. The third kappa shape index (κ3) is 3.51. The van der Waals surface area contributed by atoms with Gasteiger partial charge in [-0.05, 0) is 105 Å². The highest BCUT2D eigenvalue weighted by atomic mass is 16.3. The van der Waals surface area contributed by atoms with Crippen molar-refractivity contribution < 1.29 is 10.2 Å². The van der Waals surface area contributed by atoms with Crippen molar-refractivity contribution in [2.45, 2.75) is 104 Å². The molecule has 4 rings (SSSR count). The Balaban J connectivity index is 1.42. The topological polar surface area (TPSA) is 40.5 Å². The van der Waals surface area contributed by atoms with E-state index in [4.69, 9.17) is 0 Å². The number of aliphatic hydroxyl groups excluding tert-OH is 2. The van der Waals surface area contributed by atoms with Gasteiger partial charge in [-0.1, -0.05) is 45.3 Å². The SMILES string of the molecule is C[C@H](CO)CCCCC1CCC2[C@@H]3CC=C4C[C@@H](O)CC[C@]4(C)C3CCC12C. The van der Waals surface area contributed by atoms with Crippen LogP contribution in [0.2, 0.25) is 0 Å². The van der Waals surface area contributed by atoms with Gasteiger partial charge >= 0.3 is 0 Å². The van der Waals surface area contributed by atoms with Crippen LogP contribution < -0.4 is 0 Å². The van der Waals surface area contributed by atoms with Crippen LogP contribution in [0.5, 0.6) is 0 Å². The van der Waals surface area contributed by atoms with Gasteiger partial charge in [0.05, 0.1) is 6.10 Å². The van der Waals surface area contributed by atoms with Crippen molar-refractivity contribution in [2.75, 3.05) is 6.61 Å². The lowest BCUT2D eigenvalue weighted by Gasteiger charge is -2.58. The van der Waals surface area contributed by atoms with Gasteiger partial charge < -0.3 is 10.2 Å². The van der Waals surface area contributed by atoms with Crippen molar-refractivity contribution in [2.24, 2.45) is 40.4 Å². The highest BCUT2D eigenvalue weighted by Gasteiger charge is 2.58. The monoisotopic (exact) mass is 388 g/mol. The van der Waals surface area contributed by atoms with Crippen LogP contribution in [0.15, 0.2) is 11.6 Å². The van der Waals surface area contributed by atoms with Crippen LogP contribution in [-0.2, 0) is 0 Å². The zero-order valence-corrected chi connectivity index (χ0v) is 18.6. The molecular formula is C26H44O2. The quantitative estimate of drug-likeness (QED) is 0.425. The third-order valence-electron chi connectivity index (χ3n) is 10.1. The number of hydrogen-bond donors (Lipinski definition) is 2. The van der Waals surface area contributed by atoms with Crippen molar-refractivity contribution in [3.63, 3.8) is 0 Å².